The minimum Gasteiger partial charge on any atom is -0.299 e. The van der Waals surface area contributed by atoms with Crippen LogP contribution in [0, 0.1) is 17.8 Å². The largest absolute Gasteiger partial charge is 0.299 e. The highest BCUT2D eigenvalue weighted by Gasteiger charge is 2.48. The number of Topliss-reactive ketones (excluding diaryl/α,β-unsaturated/α-hetero) is 1. The molecule has 3 atom stereocenters. The van der Waals surface area contributed by atoms with E-state index in [2.05, 4.69) is 6.92 Å². The van der Waals surface area contributed by atoms with E-state index in [4.69, 9.17) is 0 Å². The maximum Gasteiger partial charge on any atom is 0.139 e. The Balaban J connectivity index is 1.71. The fourth-order valence-corrected chi connectivity index (χ4v) is 3.51. The van der Waals surface area contributed by atoms with Crippen LogP contribution in [-0.4, -0.2) is 5.78 Å². The molecule has 1 heteroatoms. The van der Waals surface area contributed by atoms with Crippen LogP contribution in [0.2, 0.25) is 0 Å². The fourth-order valence-electron chi connectivity index (χ4n) is 3.51. The summed E-state index contributed by atoms with van der Waals surface area (Å²) in [7, 11) is 0. The summed E-state index contributed by atoms with van der Waals surface area (Å²) in [6.07, 6.45) is 11.7. The van der Waals surface area contributed by atoms with Gasteiger partial charge in [-0.15, -0.1) is 0 Å². The monoisotopic (exact) mass is 208 g/mol. The molecule has 0 bridgehead atoms. The highest BCUT2D eigenvalue weighted by Crippen LogP contribution is 2.48. The maximum absolute atomic E-state index is 11.9. The molecule has 3 unspecified atom stereocenters. The number of carbonyl (C=O) groups is 1. The summed E-state index contributed by atoms with van der Waals surface area (Å²) in [6.45, 7) is 2.24. The molecule has 0 aromatic heterocycles. The van der Waals surface area contributed by atoms with E-state index in [1.807, 2.05) is 0 Å². The Morgan fingerprint density at radius 3 is 2.73 bits per heavy atom. The summed E-state index contributed by atoms with van der Waals surface area (Å²) in [5.41, 5.74) is 0. The standard InChI is InChI=1S/C14H24O/c1-2-3-4-5-9-12-11-8-6-7-10-13(11)14(12)15/h11-13H,2-10H2,1H3. The van der Waals surface area contributed by atoms with Gasteiger partial charge in [0, 0.05) is 11.8 Å². The highest BCUT2D eigenvalue weighted by atomic mass is 16.1. The van der Waals surface area contributed by atoms with E-state index in [0.29, 0.717) is 17.6 Å². The number of hydrogen-bond donors (Lipinski definition) is 0. The highest BCUT2D eigenvalue weighted by molar-refractivity contribution is 5.90. The third kappa shape index (κ3) is 2.26. The summed E-state index contributed by atoms with van der Waals surface area (Å²) in [6, 6.07) is 0. The van der Waals surface area contributed by atoms with Gasteiger partial charge in [-0.2, -0.15) is 0 Å². The summed E-state index contributed by atoms with van der Waals surface area (Å²) >= 11 is 0. The lowest BCUT2D eigenvalue weighted by molar-refractivity contribution is -0.146. The van der Waals surface area contributed by atoms with Crippen molar-refractivity contribution >= 4 is 5.78 Å². The van der Waals surface area contributed by atoms with Crippen LogP contribution in [0.25, 0.3) is 0 Å². The predicted octanol–water partition coefficient (Wildman–Crippen LogP) is 3.96. The minimum atomic E-state index is 0.479. The molecule has 15 heavy (non-hydrogen) atoms. The van der Waals surface area contributed by atoms with Crippen molar-refractivity contribution in [2.45, 2.75) is 64.7 Å². The quantitative estimate of drug-likeness (QED) is 0.625. The van der Waals surface area contributed by atoms with Gasteiger partial charge in [0.25, 0.3) is 0 Å². The first-order valence-corrected chi connectivity index (χ1v) is 6.88. The van der Waals surface area contributed by atoms with Gasteiger partial charge in [-0.1, -0.05) is 45.4 Å². The van der Waals surface area contributed by atoms with Gasteiger partial charge in [-0.05, 0) is 25.2 Å². The third-order valence-electron chi connectivity index (χ3n) is 4.44. The molecule has 2 aliphatic carbocycles. The van der Waals surface area contributed by atoms with Crippen LogP contribution in [0.1, 0.15) is 64.7 Å². The van der Waals surface area contributed by atoms with Crippen LogP contribution in [0.3, 0.4) is 0 Å². The summed E-state index contributed by atoms with van der Waals surface area (Å²) in [5, 5.41) is 0. The molecule has 0 aliphatic heterocycles. The smallest absolute Gasteiger partial charge is 0.139 e. The van der Waals surface area contributed by atoms with Crippen molar-refractivity contribution in [3.8, 4) is 0 Å². The van der Waals surface area contributed by atoms with Gasteiger partial charge in [-0.3, -0.25) is 4.79 Å². The van der Waals surface area contributed by atoms with Gasteiger partial charge >= 0.3 is 0 Å². The van der Waals surface area contributed by atoms with E-state index < -0.39 is 0 Å². The molecule has 0 spiro atoms. The second-order valence-electron chi connectivity index (χ2n) is 5.41. The summed E-state index contributed by atoms with van der Waals surface area (Å²) < 4.78 is 0. The zero-order valence-corrected chi connectivity index (χ0v) is 10.0. The van der Waals surface area contributed by atoms with Gasteiger partial charge in [0.1, 0.15) is 5.78 Å². The molecule has 0 heterocycles. The zero-order valence-electron chi connectivity index (χ0n) is 10.0. The molecule has 0 aromatic rings. The van der Waals surface area contributed by atoms with Crippen LogP contribution < -0.4 is 0 Å². The zero-order chi connectivity index (χ0) is 10.7. The Morgan fingerprint density at radius 1 is 1.13 bits per heavy atom. The molecule has 0 radical (unpaired) electrons. The topological polar surface area (TPSA) is 17.1 Å². The van der Waals surface area contributed by atoms with E-state index in [0.717, 1.165) is 5.92 Å². The average molecular weight is 208 g/mol. The summed E-state index contributed by atoms with van der Waals surface area (Å²) in [4.78, 5) is 11.9. The Kier molecular flexibility index (Phi) is 3.82. The molecular formula is C14H24O. The van der Waals surface area contributed by atoms with Gasteiger partial charge in [0.15, 0.2) is 0 Å². The van der Waals surface area contributed by atoms with Crippen molar-refractivity contribution in [3.05, 3.63) is 0 Å². The Hall–Kier alpha value is -0.330. The second-order valence-corrected chi connectivity index (χ2v) is 5.41. The molecule has 2 fully saturated rings. The van der Waals surface area contributed by atoms with E-state index >= 15 is 0 Å². The normalized spacial score (nSPS) is 34.7. The molecule has 2 saturated carbocycles. The van der Waals surface area contributed by atoms with Crippen LogP contribution >= 0.6 is 0 Å². The van der Waals surface area contributed by atoms with Crippen molar-refractivity contribution in [2.75, 3.05) is 0 Å². The minimum absolute atomic E-state index is 0.479. The van der Waals surface area contributed by atoms with Crippen LogP contribution in [0.5, 0.6) is 0 Å². The number of hydrogen-bond acceptors (Lipinski definition) is 1. The SMILES string of the molecule is CCCCCCC1C(=O)C2CCCCC12. The number of rotatable bonds is 5. The lowest BCUT2D eigenvalue weighted by Crippen LogP contribution is -2.48. The van der Waals surface area contributed by atoms with Crippen LogP contribution in [0.15, 0.2) is 0 Å². The third-order valence-corrected chi connectivity index (χ3v) is 4.44. The van der Waals surface area contributed by atoms with Crippen LogP contribution in [-0.2, 0) is 4.79 Å². The van der Waals surface area contributed by atoms with Crippen molar-refractivity contribution in [2.24, 2.45) is 17.8 Å². The number of fused-ring (bicyclic) bond motifs is 1. The van der Waals surface area contributed by atoms with E-state index in [1.165, 1.54) is 57.8 Å². The molecular weight excluding hydrogens is 184 g/mol. The maximum atomic E-state index is 11.9. The Bertz CT molecular complexity index is 221. The molecule has 0 amide bonds. The lowest BCUT2D eigenvalue weighted by atomic mass is 9.56. The molecule has 86 valence electrons. The molecule has 1 nitrogen and oxygen atoms in total. The fraction of sp³-hybridized carbons (Fsp3) is 0.929. The molecule has 2 rings (SSSR count). The van der Waals surface area contributed by atoms with Crippen molar-refractivity contribution in [3.63, 3.8) is 0 Å². The van der Waals surface area contributed by atoms with Gasteiger partial charge in [-0.25, -0.2) is 0 Å². The first-order chi connectivity index (χ1) is 7.34. The molecule has 0 aromatic carbocycles. The van der Waals surface area contributed by atoms with Crippen molar-refractivity contribution < 1.29 is 4.79 Å². The summed E-state index contributed by atoms with van der Waals surface area (Å²) in [5.74, 6) is 2.39. The van der Waals surface area contributed by atoms with Gasteiger partial charge in [0.2, 0.25) is 0 Å². The van der Waals surface area contributed by atoms with Crippen molar-refractivity contribution in [1.29, 1.82) is 0 Å². The van der Waals surface area contributed by atoms with E-state index in [1.54, 1.807) is 0 Å². The average Bonchev–Trinajstić information content (AvgIpc) is 2.28. The first-order valence-electron chi connectivity index (χ1n) is 6.88. The van der Waals surface area contributed by atoms with Crippen LogP contribution in [0.4, 0.5) is 0 Å². The first kappa shape index (κ1) is 11.2. The Morgan fingerprint density at radius 2 is 1.93 bits per heavy atom. The molecule has 0 N–H and O–H groups in total. The van der Waals surface area contributed by atoms with Gasteiger partial charge < -0.3 is 0 Å². The number of ketones is 1. The number of carbonyl (C=O) groups excluding carboxylic acids is 1. The molecule has 0 saturated heterocycles. The van der Waals surface area contributed by atoms with E-state index in [9.17, 15) is 4.79 Å². The van der Waals surface area contributed by atoms with Crippen molar-refractivity contribution in [1.82, 2.24) is 0 Å². The lowest BCUT2D eigenvalue weighted by Gasteiger charge is -2.46. The molecule has 2 aliphatic rings. The predicted molar refractivity (Wildman–Crippen MR) is 62.7 cm³/mol. The second kappa shape index (κ2) is 5.14. The Labute approximate surface area is 93.6 Å². The number of unbranched alkanes of at least 4 members (excludes halogenated alkanes) is 3. The van der Waals surface area contributed by atoms with Gasteiger partial charge in [0.05, 0.1) is 0 Å². The van der Waals surface area contributed by atoms with E-state index in [-0.39, 0.29) is 0 Å².